The number of nitrogens with zero attached hydrogens (tertiary/aromatic N) is 4. The third-order valence-electron chi connectivity index (χ3n) is 3.19. The summed E-state index contributed by atoms with van der Waals surface area (Å²) in [6.45, 7) is 2.13. The number of imidazole rings is 1. The van der Waals surface area contributed by atoms with Gasteiger partial charge in [0.1, 0.15) is 17.3 Å². The Morgan fingerprint density at radius 2 is 2.15 bits per heavy atom. The molecule has 0 atom stereocenters. The second kappa shape index (κ2) is 5.28. The highest BCUT2D eigenvalue weighted by Crippen LogP contribution is 2.21. The molecule has 5 nitrogen and oxygen atoms in total. The number of fused-ring (bicyclic) bond motifs is 1. The Hall–Kier alpha value is -2.43. The predicted molar refractivity (Wildman–Crippen MR) is 79.8 cm³/mol. The van der Waals surface area contributed by atoms with Crippen molar-refractivity contribution in [3.05, 3.63) is 42.5 Å². The highest BCUT2D eigenvalue weighted by atomic mass is 15.0. The zero-order valence-electron chi connectivity index (χ0n) is 11.7. The number of aromatic nitrogens is 4. The Morgan fingerprint density at radius 3 is 2.95 bits per heavy atom. The number of nitrogens with one attached hydrogen (secondary N) is 1. The van der Waals surface area contributed by atoms with Gasteiger partial charge in [-0.2, -0.15) is 0 Å². The molecule has 0 fully saturated rings. The molecule has 0 spiro atoms. The second-order valence-corrected chi connectivity index (χ2v) is 4.62. The number of anilines is 1. The van der Waals surface area contributed by atoms with Gasteiger partial charge in [0.2, 0.25) is 0 Å². The monoisotopic (exact) mass is 267 g/mol. The smallest absolute Gasteiger partial charge is 0.137 e. The number of rotatable bonds is 4. The maximum Gasteiger partial charge on any atom is 0.137 e. The first-order valence-electron chi connectivity index (χ1n) is 6.80. The summed E-state index contributed by atoms with van der Waals surface area (Å²) in [5.74, 6) is 1.71. The van der Waals surface area contributed by atoms with E-state index >= 15 is 0 Å². The topological polar surface area (TPSA) is 55.1 Å². The quantitative estimate of drug-likeness (QED) is 0.789. The van der Waals surface area contributed by atoms with Gasteiger partial charge in [0.05, 0.1) is 11.4 Å². The summed E-state index contributed by atoms with van der Waals surface area (Å²) < 4.78 is 2.04. The first-order valence-corrected chi connectivity index (χ1v) is 6.80. The lowest BCUT2D eigenvalue weighted by atomic mass is 10.2. The largest absolute Gasteiger partial charge is 0.373 e. The zero-order valence-corrected chi connectivity index (χ0v) is 11.7. The molecule has 1 N–H and O–H groups in total. The minimum atomic E-state index is 0.843. The molecule has 0 aliphatic heterocycles. The van der Waals surface area contributed by atoms with Crippen molar-refractivity contribution >= 4 is 11.5 Å². The Bertz CT molecular complexity index is 732. The molecule has 3 aromatic rings. The molecule has 0 aliphatic rings. The van der Waals surface area contributed by atoms with Crippen LogP contribution in [0.25, 0.3) is 17.0 Å². The summed E-state index contributed by atoms with van der Waals surface area (Å²) >= 11 is 0. The molecule has 0 aromatic carbocycles. The number of pyridine rings is 1. The average Bonchev–Trinajstić information content (AvgIpc) is 2.95. The van der Waals surface area contributed by atoms with Gasteiger partial charge in [-0.25, -0.2) is 15.0 Å². The van der Waals surface area contributed by atoms with Crippen molar-refractivity contribution in [3.63, 3.8) is 0 Å². The van der Waals surface area contributed by atoms with Gasteiger partial charge in [0.25, 0.3) is 0 Å². The lowest BCUT2D eigenvalue weighted by Crippen LogP contribution is -2.03. The Labute approximate surface area is 117 Å². The van der Waals surface area contributed by atoms with E-state index in [1.54, 1.807) is 6.20 Å². The third kappa shape index (κ3) is 2.22. The summed E-state index contributed by atoms with van der Waals surface area (Å²) in [6.07, 6.45) is 5.65. The minimum absolute atomic E-state index is 0.843. The van der Waals surface area contributed by atoms with Gasteiger partial charge in [-0.3, -0.25) is 4.40 Å². The maximum atomic E-state index is 4.67. The van der Waals surface area contributed by atoms with Gasteiger partial charge in [-0.05, 0) is 18.6 Å². The van der Waals surface area contributed by atoms with Crippen molar-refractivity contribution in [2.75, 3.05) is 12.4 Å². The highest BCUT2D eigenvalue weighted by Gasteiger charge is 2.09. The molecule has 0 bridgehead atoms. The van der Waals surface area contributed by atoms with E-state index in [0.717, 1.165) is 41.5 Å². The fraction of sp³-hybridized carbons (Fsp3) is 0.267. The maximum absolute atomic E-state index is 4.67. The number of hydrogen-bond donors (Lipinski definition) is 1. The van der Waals surface area contributed by atoms with Crippen LogP contribution in [0.5, 0.6) is 0 Å². The van der Waals surface area contributed by atoms with Crippen LogP contribution in [0.1, 0.15) is 19.2 Å². The van der Waals surface area contributed by atoms with E-state index in [0.29, 0.717) is 0 Å². The van der Waals surface area contributed by atoms with Gasteiger partial charge < -0.3 is 5.32 Å². The molecule has 0 aliphatic carbocycles. The summed E-state index contributed by atoms with van der Waals surface area (Å²) in [7, 11) is 1.87. The standard InChI is InChI=1S/C15H17N5/c1-3-5-13-18-11(10-14(16-2)19-13)12-6-4-7-15-17-8-9-20(12)15/h4,6-10H,3,5H2,1-2H3,(H,16,18,19). The van der Waals surface area contributed by atoms with Crippen LogP contribution in [0.4, 0.5) is 5.82 Å². The fourth-order valence-electron chi connectivity index (χ4n) is 2.25. The van der Waals surface area contributed by atoms with E-state index < -0.39 is 0 Å². The normalized spacial score (nSPS) is 10.9. The van der Waals surface area contributed by atoms with E-state index in [9.17, 15) is 0 Å². The van der Waals surface area contributed by atoms with E-state index in [4.69, 9.17) is 0 Å². The molecule has 0 unspecified atom stereocenters. The third-order valence-corrected chi connectivity index (χ3v) is 3.19. The first-order chi connectivity index (χ1) is 9.81. The van der Waals surface area contributed by atoms with Gasteiger partial charge >= 0.3 is 0 Å². The number of aryl methyl sites for hydroxylation is 1. The predicted octanol–water partition coefficient (Wildman–Crippen LogP) is 2.79. The van der Waals surface area contributed by atoms with Gasteiger partial charge in [-0.1, -0.05) is 13.0 Å². The summed E-state index contributed by atoms with van der Waals surface area (Å²) in [4.78, 5) is 13.5. The van der Waals surface area contributed by atoms with Crippen molar-refractivity contribution in [3.8, 4) is 11.4 Å². The molecule has 3 aromatic heterocycles. The van der Waals surface area contributed by atoms with E-state index in [2.05, 4.69) is 27.2 Å². The molecule has 0 saturated heterocycles. The van der Waals surface area contributed by atoms with Crippen LogP contribution in [0.3, 0.4) is 0 Å². The number of hydrogen-bond acceptors (Lipinski definition) is 4. The molecule has 3 heterocycles. The van der Waals surface area contributed by atoms with Crippen LogP contribution in [0, 0.1) is 0 Å². The van der Waals surface area contributed by atoms with Crippen LogP contribution in [0.15, 0.2) is 36.7 Å². The molecular formula is C15H17N5. The molecule has 5 heteroatoms. The second-order valence-electron chi connectivity index (χ2n) is 4.62. The molecule has 0 radical (unpaired) electrons. The van der Waals surface area contributed by atoms with E-state index in [-0.39, 0.29) is 0 Å². The molecule has 3 rings (SSSR count). The van der Waals surface area contributed by atoms with Crippen molar-refractivity contribution in [2.45, 2.75) is 19.8 Å². The lowest BCUT2D eigenvalue weighted by Gasteiger charge is -2.09. The molecule has 20 heavy (non-hydrogen) atoms. The summed E-state index contributed by atoms with van der Waals surface area (Å²) in [6, 6.07) is 8.00. The van der Waals surface area contributed by atoms with Crippen molar-refractivity contribution in [2.24, 2.45) is 0 Å². The SMILES string of the molecule is CCCc1nc(NC)cc(-c2cccc3nccn23)n1. The minimum Gasteiger partial charge on any atom is -0.373 e. The van der Waals surface area contributed by atoms with Gasteiger partial charge in [0, 0.05) is 31.9 Å². The van der Waals surface area contributed by atoms with Gasteiger partial charge in [-0.15, -0.1) is 0 Å². The molecule has 0 saturated carbocycles. The Morgan fingerprint density at radius 1 is 1.25 bits per heavy atom. The lowest BCUT2D eigenvalue weighted by molar-refractivity contribution is 0.836. The van der Waals surface area contributed by atoms with Crippen LogP contribution < -0.4 is 5.32 Å². The Balaban J connectivity index is 2.17. The van der Waals surface area contributed by atoms with E-state index in [1.165, 1.54) is 0 Å². The highest BCUT2D eigenvalue weighted by molar-refractivity contribution is 5.62. The van der Waals surface area contributed by atoms with Crippen LogP contribution in [-0.4, -0.2) is 26.4 Å². The van der Waals surface area contributed by atoms with Crippen molar-refractivity contribution < 1.29 is 0 Å². The first kappa shape index (κ1) is 12.6. The Kier molecular flexibility index (Phi) is 3.33. The summed E-state index contributed by atoms with van der Waals surface area (Å²) in [5, 5.41) is 3.10. The fourth-order valence-corrected chi connectivity index (χ4v) is 2.25. The molecular weight excluding hydrogens is 250 g/mol. The van der Waals surface area contributed by atoms with Crippen LogP contribution >= 0.6 is 0 Å². The average molecular weight is 267 g/mol. The van der Waals surface area contributed by atoms with Gasteiger partial charge in [0.15, 0.2) is 0 Å². The molecule has 0 amide bonds. The van der Waals surface area contributed by atoms with Crippen LogP contribution in [-0.2, 0) is 6.42 Å². The summed E-state index contributed by atoms with van der Waals surface area (Å²) in [5.41, 5.74) is 2.86. The van der Waals surface area contributed by atoms with Crippen molar-refractivity contribution in [1.82, 2.24) is 19.4 Å². The zero-order chi connectivity index (χ0) is 13.9. The van der Waals surface area contributed by atoms with E-state index in [1.807, 2.05) is 41.9 Å². The molecule has 102 valence electrons. The van der Waals surface area contributed by atoms with Crippen LogP contribution in [0.2, 0.25) is 0 Å². The van der Waals surface area contributed by atoms with Crippen molar-refractivity contribution in [1.29, 1.82) is 0 Å².